The van der Waals surface area contributed by atoms with E-state index in [4.69, 9.17) is 22.1 Å². The number of halogens is 4. The van der Waals surface area contributed by atoms with Crippen LogP contribution in [0.15, 0.2) is 36.5 Å². The Morgan fingerprint density at radius 1 is 1.11 bits per heavy atom. The van der Waals surface area contributed by atoms with Crippen molar-refractivity contribution in [2.24, 2.45) is 5.73 Å². The summed E-state index contributed by atoms with van der Waals surface area (Å²) in [7, 11) is 0. The molecule has 1 heterocycles. The van der Waals surface area contributed by atoms with E-state index < -0.39 is 29.2 Å². The minimum Gasteiger partial charge on any atom is -0.476 e. The Morgan fingerprint density at radius 2 is 1.80 bits per heavy atom. The fourth-order valence-electron chi connectivity index (χ4n) is 3.90. The van der Waals surface area contributed by atoms with Gasteiger partial charge < -0.3 is 21.1 Å². The van der Waals surface area contributed by atoms with Gasteiger partial charge in [-0.25, -0.2) is 4.98 Å². The minimum absolute atomic E-state index is 0.00860. The van der Waals surface area contributed by atoms with Gasteiger partial charge in [0.1, 0.15) is 11.6 Å². The van der Waals surface area contributed by atoms with Crippen molar-refractivity contribution in [3.63, 3.8) is 0 Å². The van der Waals surface area contributed by atoms with E-state index in [9.17, 15) is 22.8 Å². The molecule has 4 N–H and O–H groups in total. The van der Waals surface area contributed by atoms with Crippen molar-refractivity contribution in [1.82, 2.24) is 10.3 Å². The molecule has 2 aromatic rings. The van der Waals surface area contributed by atoms with E-state index in [2.05, 4.69) is 15.6 Å². The van der Waals surface area contributed by atoms with Gasteiger partial charge in [-0.05, 0) is 63.4 Å². The summed E-state index contributed by atoms with van der Waals surface area (Å²) >= 11 is 5.99. The lowest BCUT2D eigenvalue weighted by molar-refractivity contribution is -0.138. The van der Waals surface area contributed by atoms with Crippen molar-refractivity contribution in [2.75, 3.05) is 5.32 Å². The molecule has 0 aliphatic heterocycles. The standard InChI is InChI=1S/C24H28ClF3N4O3/c1-23(2,35-19-9-8-15(11-18(19)25)24(26,27)28)22(34)32-17-6-4-3-5-16(12-17)31-20-10-7-14(13-30-20)21(29)33/h7-11,13,16-17H,3-6,12H2,1-2H3,(H2,29,33)(H,30,31)(H,32,34). The highest BCUT2D eigenvalue weighted by atomic mass is 35.5. The number of nitrogens with zero attached hydrogens (tertiary/aromatic N) is 1. The van der Waals surface area contributed by atoms with Gasteiger partial charge >= 0.3 is 6.18 Å². The highest BCUT2D eigenvalue weighted by Gasteiger charge is 2.35. The molecule has 1 aliphatic carbocycles. The van der Waals surface area contributed by atoms with E-state index in [1.54, 1.807) is 12.1 Å². The summed E-state index contributed by atoms with van der Waals surface area (Å²) in [5.74, 6) is -0.356. The zero-order valence-electron chi connectivity index (χ0n) is 19.4. The molecular formula is C24H28ClF3N4O3. The van der Waals surface area contributed by atoms with Crippen LogP contribution in [0.5, 0.6) is 5.75 Å². The molecule has 3 rings (SSSR count). The highest BCUT2D eigenvalue weighted by Crippen LogP contribution is 2.36. The maximum absolute atomic E-state index is 13.0. The summed E-state index contributed by atoms with van der Waals surface area (Å²) in [4.78, 5) is 28.5. The smallest absolute Gasteiger partial charge is 0.416 e. The van der Waals surface area contributed by atoms with Gasteiger partial charge in [-0.15, -0.1) is 0 Å². The van der Waals surface area contributed by atoms with Crippen molar-refractivity contribution in [3.05, 3.63) is 52.7 Å². The first-order valence-electron chi connectivity index (χ1n) is 11.2. The van der Waals surface area contributed by atoms with E-state index in [-0.39, 0.29) is 22.9 Å². The number of hydrogen-bond donors (Lipinski definition) is 3. The summed E-state index contributed by atoms with van der Waals surface area (Å²) < 4.78 is 44.4. The van der Waals surface area contributed by atoms with Crippen LogP contribution >= 0.6 is 11.6 Å². The number of carbonyl (C=O) groups excluding carboxylic acids is 2. The van der Waals surface area contributed by atoms with Gasteiger partial charge in [0.25, 0.3) is 5.91 Å². The monoisotopic (exact) mass is 512 g/mol. The number of nitrogens with one attached hydrogen (secondary N) is 2. The lowest BCUT2D eigenvalue weighted by Gasteiger charge is -2.29. The molecular weight excluding hydrogens is 485 g/mol. The number of anilines is 1. The molecule has 7 nitrogen and oxygen atoms in total. The molecule has 1 fully saturated rings. The predicted octanol–water partition coefficient (Wildman–Crippen LogP) is 4.94. The van der Waals surface area contributed by atoms with Crippen LogP contribution in [0.2, 0.25) is 5.02 Å². The number of benzene rings is 1. The maximum Gasteiger partial charge on any atom is 0.416 e. The summed E-state index contributed by atoms with van der Waals surface area (Å²) in [5, 5.41) is 6.12. The van der Waals surface area contributed by atoms with E-state index in [1.807, 2.05) is 0 Å². The van der Waals surface area contributed by atoms with Crippen molar-refractivity contribution in [3.8, 4) is 5.75 Å². The molecule has 0 radical (unpaired) electrons. The number of carbonyl (C=O) groups is 2. The normalized spacial score (nSPS) is 18.9. The molecule has 1 saturated carbocycles. The number of aromatic nitrogens is 1. The molecule has 2 unspecified atom stereocenters. The van der Waals surface area contributed by atoms with E-state index in [0.29, 0.717) is 17.8 Å². The van der Waals surface area contributed by atoms with Crippen molar-refractivity contribution in [1.29, 1.82) is 0 Å². The molecule has 0 bridgehead atoms. The molecule has 0 saturated heterocycles. The first-order chi connectivity index (χ1) is 16.3. The number of nitrogens with two attached hydrogens (primary N) is 1. The Balaban J connectivity index is 1.62. The Labute approximate surface area is 206 Å². The van der Waals surface area contributed by atoms with Crippen LogP contribution in [0.1, 0.15) is 61.9 Å². The third-order valence-corrected chi connectivity index (χ3v) is 6.13. The summed E-state index contributed by atoms with van der Waals surface area (Å²) in [6, 6.07) is 5.93. The second-order valence-electron chi connectivity index (χ2n) is 9.08. The van der Waals surface area contributed by atoms with Gasteiger partial charge in [0.05, 0.1) is 16.1 Å². The van der Waals surface area contributed by atoms with Gasteiger partial charge in [0.15, 0.2) is 5.60 Å². The fraction of sp³-hybridized carbons (Fsp3) is 0.458. The number of amides is 2. The van der Waals surface area contributed by atoms with Crippen LogP contribution in [0.25, 0.3) is 0 Å². The number of rotatable bonds is 7. The van der Waals surface area contributed by atoms with Crippen LogP contribution < -0.4 is 21.1 Å². The van der Waals surface area contributed by atoms with Gasteiger partial charge in [0.2, 0.25) is 5.91 Å². The Hall–Kier alpha value is -3.01. The van der Waals surface area contributed by atoms with Crippen molar-refractivity contribution < 1.29 is 27.5 Å². The van der Waals surface area contributed by atoms with Gasteiger partial charge in [-0.3, -0.25) is 9.59 Å². The Morgan fingerprint density at radius 3 is 2.37 bits per heavy atom. The average Bonchev–Trinajstić information content (AvgIpc) is 2.99. The molecule has 1 aromatic heterocycles. The molecule has 1 aromatic carbocycles. The highest BCUT2D eigenvalue weighted by molar-refractivity contribution is 6.32. The Kier molecular flexibility index (Phi) is 8.15. The first kappa shape index (κ1) is 26.6. The summed E-state index contributed by atoms with van der Waals surface area (Å²) in [6.45, 7) is 3.07. The topological polar surface area (TPSA) is 106 Å². The lowest BCUT2D eigenvalue weighted by Crippen LogP contribution is -2.50. The van der Waals surface area contributed by atoms with Crippen LogP contribution in [-0.2, 0) is 11.0 Å². The lowest BCUT2D eigenvalue weighted by atomic mass is 10.0. The minimum atomic E-state index is -4.53. The molecule has 11 heteroatoms. The molecule has 35 heavy (non-hydrogen) atoms. The number of hydrogen-bond acceptors (Lipinski definition) is 5. The SMILES string of the molecule is CC(C)(Oc1ccc(C(F)(F)F)cc1Cl)C(=O)NC1CCCCC(Nc2ccc(C(N)=O)cn2)C1. The summed E-state index contributed by atoms with van der Waals surface area (Å²) in [6.07, 6.45) is 1.06. The van der Waals surface area contributed by atoms with Crippen LogP contribution in [0.3, 0.4) is 0 Å². The molecule has 0 spiro atoms. The average molecular weight is 513 g/mol. The fourth-order valence-corrected chi connectivity index (χ4v) is 4.12. The number of alkyl halides is 3. The van der Waals surface area contributed by atoms with Gasteiger partial charge in [-0.2, -0.15) is 13.2 Å². The largest absolute Gasteiger partial charge is 0.476 e. The van der Waals surface area contributed by atoms with Crippen LogP contribution in [-0.4, -0.2) is 34.5 Å². The molecule has 2 atom stereocenters. The number of primary amides is 1. The van der Waals surface area contributed by atoms with E-state index in [0.717, 1.165) is 43.9 Å². The van der Waals surface area contributed by atoms with E-state index in [1.165, 1.54) is 20.0 Å². The van der Waals surface area contributed by atoms with Gasteiger partial charge in [-0.1, -0.05) is 24.4 Å². The van der Waals surface area contributed by atoms with Crippen molar-refractivity contribution >= 4 is 29.2 Å². The maximum atomic E-state index is 13.0. The third kappa shape index (κ3) is 7.24. The zero-order chi connectivity index (χ0) is 25.8. The zero-order valence-corrected chi connectivity index (χ0v) is 20.2. The van der Waals surface area contributed by atoms with Gasteiger partial charge in [0, 0.05) is 18.3 Å². The third-order valence-electron chi connectivity index (χ3n) is 5.83. The van der Waals surface area contributed by atoms with E-state index >= 15 is 0 Å². The summed E-state index contributed by atoms with van der Waals surface area (Å²) in [5.41, 5.74) is 3.30. The second-order valence-corrected chi connectivity index (χ2v) is 9.49. The Bertz CT molecular complexity index is 1060. The number of pyridine rings is 1. The van der Waals surface area contributed by atoms with Crippen LogP contribution in [0, 0.1) is 0 Å². The molecule has 1 aliphatic rings. The van der Waals surface area contributed by atoms with Crippen molar-refractivity contribution in [2.45, 2.75) is 69.8 Å². The quantitative estimate of drug-likeness (QED) is 0.456. The predicted molar refractivity (Wildman–Crippen MR) is 126 cm³/mol. The molecule has 190 valence electrons. The van der Waals surface area contributed by atoms with Crippen LogP contribution in [0.4, 0.5) is 19.0 Å². The number of ether oxygens (including phenoxy) is 1. The second kappa shape index (κ2) is 10.7. The first-order valence-corrected chi connectivity index (χ1v) is 11.6. The molecule has 2 amide bonds.